The van der Waals surface area contributed by atoms with Crippen molar-refractivity contribution in [2.45, 2.75) is 30.3 Å². The summed E-state index contributed by atoms with van der Waals surface area (Å²) in [5.74, 6) is 0.488. The molecule has 6 rings (SSSR count). The zero-order chi connectivity index (χ0) is 23.3. The van der Waals surface area contributed by atoms with E-state index < -0.39 is 10.0 Å². The standard InChI is InChI=1S/C24H25N5O3S2/c30-24(19-8-5-11-29(19)23-17-6-1-4-10-21(17)34(31,32)26-23)28-14-12-27(13-15-28)16-22-25-18-7-2-3-9-20(18)33-22/h1-4,6-7,9-10,19H,5,8,11-16H2. The molecule has 0 bridgehead atoms. The summed E-state index contributed by atoms with van der Waals surface area (Å²) in [5, 5.41) is 1.10. The average molecular weight is 496 g/mol. The Bertz CT molecular complexity index is 1360. The number of sulfonamides is 1. The molecule has 10 heteroatoms. The van der Waals surface area contributed by atoms with Crippen LogP contribution >= 0.6 is 11.3 Å². The SMILES string of the molecule is O=C(C1CCCN1C1=NS(=O)(=O)c2ccccc21)N1CCN(Cc2nc3ccccc3s2)CC1. The summed E-state index contributed by atoms with van der Waals surface area (Å²) in [7, 11) is -3.70. The van der Waals surface area contributed by atoms with Crippen LogP contribution in [0.1, 0.15) is 23.4 Å². The fraction of sp³-hybridized carbons (Fsp3) is 0.375. The largest absolute Gasteiger partial charge is 0.343 e. The third-order valence-electron chi connectivity index (χ3n) is 6.80. The number of hydrogen-bond donors (Lipinski definition) is 0. The maximum atomic E-state index is 13.5. The van der Waals surface area contributed by atoms with Crippen molar-refractivity contribution in [3.8, 4) is 0 Å². The van der Waals surface area contributed by atoms with Crippen LogP contribution in [-0.4, -0.2) is 78.6 Å². The number of para-hydroxylation sites is 1. The van der Waals surface area contributed by atoms with E-state index in [2.05, 4.69) is 15.4 Å². The highest BCUT2D eigenvalue weighted by molar-refractivity contribution is 7.90. The van der Waals surface area contributed by atoms with Crippen LogP contribution in [0.25, 0.3) is 10.2 Å². The molecule has 2 aromatic carbocycles. The van der Waals surface area contributed by atoms with Crippen molar-refractivity contribution in [3.63, 3.8) is 0 Å². The molecule has 0 saturated carbocycles. The summed E-state index contributed by atoms with van der Waals surface area (Å²) in [6.07, 6.45) is 1.56. The molecule has 8 nitrogen and oxygen atoms in total. The van der Waals surface area contributed by atoms with Crippen molar-refractivity contribution in [2.24, 2.45) is 4.40 Å². The van der Waals surface area contributed by atoms with Gasteiger partial charge in [-0.2, -0.15) is 8.42 Å². The van der Waals surface area contributed by atoms with E-state index in [1.165, 1.54) is 4.70 Å². The molecule has 3 aliphatic rings. The van der Waals surface area contributed by atoms with Crippen LogP contribution in [0.3, 0.4) is 0 Å². The van der Waals surface area contributed by atoms with Crippen molar-refractivity contribution >= 4 is 43.3 Å². The van der Waals surface area contributed by atoms with E-state index in [0.29, 0.717) is 37.5 Å². The van der Waals surface area contributed by atoms with Crippen LogP contribution in [0.2, 0.25) is 0 Å². The van der Waals surface area contributed by atoms with Gasteiger partial charge in [-0.3, -0.25) is 9.69 Å². The van der Waals surface area contributed by atoms with Crippen molar-refractivity contribution in [3.05, 3.63) is 59.1 Å². The van der Waals surface area contributed by atoms with Gasteiger partial charge in [0.2, 0.25) is 5.91 Å². The molecule has 0 N–H and O–H groups in total. The van der Waals surface area contributed by atoms with E-state index in [9.17, 15) is 13.2 Å². The van der Waals surface area contributed by atoms with Crippen LogP contribution < -0.4 is 0 Å². The monoisotopic (exact) mass is 495 g/mol. The van der Waals surface area contributed by atoms with Gasteiger partial charge in [-0.1, -0.05) is 24.3 Å². The number of nitrogens with zero attached hydrogens (tertiary/aromatic N) is 5. The summed E-state index contributed by atoms with van der Waals surface area (Å²) in [6.45, 7) is 4.35. The number of piperazine rings is 1. The number of carbonyl (C=O) groups is 1. The lowest BCUT2D eigenvalue weighted by Crippen LogP contribution is -2.54. The predicted octanol–water partition coefficient (Wildman–Crippen LogP) is 2.55. The number of amidine groups is 1. The van der Waals surface area contributed by atoms with Gasteiger partial charge in [0.25, 0.3) is 10.0 Å². The summed E-state index contributed by atoms with van der Waals surface area (Å²) in [4.78, 5) is 24.6. The molecular weight excluding hydrogens is 470 g/mol. The lowest BCUT2D eigenvalue weighted by molar-refractivity contribution is -0.136. The maximum Gasteiger partial charge on any atom is 0.285 e. The lowest BCUT2D eigenvalue weighted by Gasteiger charge is -2.37. The molecule has 2 saturated heterocycles. The van der Waals surface area contributed by atoms with E-state index in [1.54, 1.807) is 29.5 Å². The number of benzene rings is 2. The molecule has 176 valence electrons. The molecule has 1 amide bonds. The van der Waals surface area contributed by atoms with Gasteiger partial charge in [0, 0.05) is 38.3 Å². The molecule has 1 unspecified atom stereocenters. The van der Waals surface area contributed by atoms with E-state index in [1.807, 2.05) is 34.1 Å². The van der Waals surface area contributed by atoms with Crippen molar-refractivity contribution in [1.29, 1.82) is 0 Å². The van der Waals surface area contributed by atoms with Crippen molar-refractivity contribution in [2.75, 3.05) is 32.7 Å². The highest BCUT2D eigenvalue weighted by Gasteiger charge is 2.41. The minimum Gasteiger partial charge on any atom is -0.343 e. The van der Waals surface area contributed by atoms with E-state index in [4.69, 9.17) is 4.98 Å². The average Bonchev–Trinajstić information content (AvgIpc) is 3.55. The normalized spacial score (nSPS) is 22.2. The van der Waals surface area contributed by atoms with Crippen LogP contribution in [0.4, 0.5) is 0 Å². The Balaban J connectivity index is 1.13. The van der Waals surface area contributed by atoms with Crippen LogP contribution in [0.5, 0.6) is 0 Å². The van der Waals surface area contributed by atoms with Crippen LogP contribution in [0, 0.1) is 0 Å². The Morgan fingerprint density at radius 1 is 1.00 bits per heavy atom. The fourth-order valence-electron chi connectivity index (χ4n) is 5.09. The van der Waals surface area contributed by atoms with Gasteiger partial charge in [-0.15, -0.1) is 15.7 Å². The first-order valence-corrected chi connectivity index (χ1v) is 13.8. The molecule has 0 aliphatic carbocycles. The van der Waals surface area contributed by atoms with Gasteiger partial charge in [0.1, 0.15) is 15.9 Å². The molecule has 4 heterocycles. The highest BCUT2D eigenvalue weighted by atomic mass is 32.2. The smallest absolute Gasteiger partial charge is 0.285 e. The molecule has 1 aromatic heterocycles. The minimum atomic E-state index is -3.70. The van der Waals surface area contributed by atoms with E-state index in [-0.39, 0.29) is 16.8 Å². The summed E-state index contributed by atoms with van der Waals surface area (Å²) in [6, 6.07) is 14.7. The third kappa shape index (κ3) is 3.79. The second-order valence-electron chi connectivity index (χ2n) is 8.91. The van der Waals surface area contributed by atoms with Crippen molar-refractivity contribution in [1.82, 2.24) is 19.7 Å². The summed E-state index contributed by atoms with van der Waals surface area (Å²) in [5.41, 5.74) is 1.64. The number of hydrogen-bond acceptors (Lipinski definition) is 7. The lowest BCUT2D eigenvalue weighted by atomic mass is 10.1. The zero-order valence-corrected chi connectivity index (χ0v) is 20.3. The first-order chi connectivity index (χ1) is 16.5. The molecule has 1 atom stereocenters. The van der Waals surface area contributed by atoms with Crippen LogP contribution in [-0.2, 0) is 21.4 Å². The number of rotatable bonds is 3. The summed E-state index contributed by atoms with van der Waals surface area (Å²) >= 11 is 1.72. The van der Waals surface area contributed by atoms with Gasteiger partial charge < -0.3 is 9.80 Å². The first-order valence-electron chi connectivity index (χ1n) is 11.6. The molecule has 34 heavy (non-hydrogen) atoms. The van der Waals surface area contributed by atoms with Gasteiger partial charge in [-0.05, 0) is 37.1 Å². The minimum absolute atomic E-state index is 0.0709. The number of amides is 1. The zero-order valence-electron chi connectivity index (χ0n) is 18.6. The first kappa shape index (κ1) is 21.7. The Morgan fingerprint density at radius 3 is 2.59 bits per heavy atom. The molecular formula is C24H25N5O3S2. The Hall–Kier alpha value is -2.82. The number of aromatic nitrogens is 1. The molecule has 3 aliphatic heterocycles. The summed E-state index contributed by atoms with van der Waals surface area (Å²) < 4.78 is 30.3. The van der Waals surface area contributed by atoms with Crippen LogP contribution in [0.15, 0.2) is 57.8 Å². The quantitative estimate of drug-likeness (QED) is 0.555. The van der Waals surface area contributed by atoms with Crippen molar-refractivity contribution < 1.29 is 13.2 Å². The Morgan fingerprint density at radius 2 is 1.76 bits per heavy atom. The second kappa shape index (κ2) is 8.44. The number of thiazole rings is 1. The van der Waals surface area contributed by atoms with Gasteiger partial charge in [0.05, 0.1) is 16.8 Å². The fourth-order valence-corrected chi connectivity index (χ4v) is 7.32. The van der Waals surface area contributed by atoms with Gasteiger partial charge in [-0.25, -0.2) is 4.98 Å². The Kier molecular flexibility index (Phi) is 5.39. The van der Waals surface area contributed by atoms with Gasteiger partial charge >= 0.3 is 0 Å². The third-order valence-corrected chi connectivity index (χ3v) is 9.15. The molecule has 3 aromatic rings. The van der Waals surface area contributed by atoms with E-state index >= 15 is 0 Å². The second-order valence-corrected chi connectivity index (χ2v) is 11.6. The Labute approximate surface area is 202 Å². The molecule has 0 radical (unpaired) electrons. The highest BCUT2D eigenvalue weighted by Crippen LogP contribution is 2.32. The molecule has 2 fully saturated rings. The topological polar surface area (TPSA) is 86.2 Å². The molecule has 0 spiro atoms. The van der Waals surface area contributed by atoms with Gasteiger partial charge in [0.15, 0.2) is 5.84 Å². The predicted molar refractivity (Wildman–Crippen MR) is 131 cm³/mol. The van der Waals surface area contributed by atoms with E-state index in [0.717, 1.165) is 36.6 Å². The maximum absolute atomic E-state index is 13.5. The number of fused-ring (bicyclic) bond motifs is 2. The number of likely N-dealkylation sites (tertiary alicyclic amines) is 1. The number of carbonyl (C=O) groups excluding carboxylic acids is 1.